The summed E-state index contributed by atoms with van der Waals surface area (Å²) in [5.41, 5.74) is 2.33. The number of nitrogens with zero attached hydrogens (tertiary/aromatic N) is 1. The lowest BCUT2D eigenvalue weighted by atomic mass is 10.0. The van der Waals surface area contributed by atoms with E-state index >= 15 is 0 Å². The lowest BCUT2D eigenvalue weighted by Gasteiger charge is -2.14. The minimum Gasteiger partial charge on any atom is -0.497 e. The molecule has 1 aromatic heterocycles. The summed E-state index contributed by atoms with van der Waals surface area (Å²) in [5.74, 6) is 0.873. The Morgan fingerprint density at radius 1 is 1.37 bits per heavy atom. The molecule has 1 heterocycles. The van der Waals surface area contributed by atoms with E-state index in [2.05, 4.69) is 17.1 Å². The van der Waals surface area contributed by atoms with Gasteiger partial charge in [0.2, 0.25) is 0 Å². The van der Waals surface area contributed by atoms with Crippen molar-refractivity contribution in [1.82, 2.24) is 4.98 Å². The molecule has 0 amide bonds. The second-order valence-corrected chi connectivity index (χ2v) is 5.97. The third-order valence-electron chi connectivity index (χ3n) is 3.48. The molecule has 0 fully saturated rings. The Morgan fingerprint density at radius 3 is 2.84 bits per heavy atom. The average Bonchev–Trinajstić information content (AvgIpc) is 2.84. The third-order valence-corrected chi connectivity index (χ3v) is 4.68. The van der Waals surface area contributed by atoms with Crippen LogP contribution < -0.4 is 4.74 Å². The molecule has 1 aromatic carbocycles. The molecule has 1 unspecified atom stereocenters. The van der Waals surface area contributed by atoms with Gasteiger partial charge in [-0.2, -0.15) is 0 Å². The van der Waals surface area contributed by atoms with E-state index < -0.39 is 0 Å². The van der Waals surface area contributed by atoms with Crippen LogP contribution in [0.25, 0.3) is 0 Å². The molecule has 3 nitrogen and oxygen atoms in total. The Bertz CT molecular complexity index is 562. The van der Waals surface area contributed by atoms with Crippen LogP contribution in [0.1, 0.15) is 40.1 Å². The highest BCUT2D eigenvalue weighted by atomic mass is 32.1. The Hall–Kier alpha value is -1.39. The molecule has 1 aliphatic rings. The Kier molecular flexibility index (Phi) is 3.53. The molecular weight excluding hydrogens is 258 g/mol. The van der Waals surface area contributed by atoms with E-state index in [-0.39, 0.29) is 6.10 Å². The van der Waals surface area contributed by atoms with Gasteiger partial charge in [-0.3, -0.25) is 0 Å². The number of benzene rings is 1. The van der Waals surface area contributed by atoms with E-state index in [9.17, 15) is 5.11 Å². The smallest absolute Gasteiger partial charge is 0.118 e. The molecule has 4 heteroatoms. The fourth-order valence-corrected chi connectivity index (χ4v) is 3.61. The first-order chi connectivity index (χ1) is 9.26. The van der Waals surface area contributed by atoms with E-state index in [0.29, 0.717) is 0 Å². The summed E-state index contributed by atoms with van der Waals surface area (Å²) in [5, 5.41) is 11.1. The van der Waals surface area contributed by atoms with Gasteiger partial charge in [0.15, 0.2) is 0 Å². The standard InChI is InChI=1S/C15H17NO2S/c1-18-11-7-5-10(6-8-11)9-14-16-12-3-2-4-13(17)15(12)19-14/h5-8,13,17H,2-4,9H2,1H3. The molecule has 0 bridgehead atoms. The zero-order chi connectivity index (χ0) is 13.2. The molecule has 1 aliphatic carbocycles. The Labute approximate surface area is 116 Å². The molecule has 19 heavy (non-hydrogen) atoms. The fraction of sp³-hybridized carbons (Fsp3) is 0.400. The maximum absolute atomic E-state index is 9.96. The predicted molar refractivity (Wildman–Crippen MR) is 75.8 cm³/mol. The first kappa shape index (κ1) is 12.6. The van der Waals surface area contributed by atoms with Gasteiger partial charge in [-0.25, -0.2) is 4.98 Å². The summed E-state index contributed by atoms with van der Waals surface area (Å²) in [7, 11) is 1.67. The SMILES string of the molecule is COc1ccc(Cc2nc3c(s2)C(O)CCC3)cc1. The van der Waals surface area contributed by atoms with E-state index in [4.69, 9.17) is 4.74 Å². The molecule has 2 aromatic rings. The van der Waals surface area contributed by atoms with Crippen LogP contribution in [0.15, 0.2) is 24.3 Å². The van der Waals surface area contributed by atoms with Crippen LogP contribution in [-0.4, -0.2) is 17.2 Å². The zero-order valence-corrected chi connectivity index (χ0v) is 11.7. The Morgan fingerprint density at radius 2 is 2.16 bits per heavy atom. The van der Waals surface area contributed by atoms with Crippen molar-refractivity contribution in [2.24, 2.45) is 0 Å². The lowest BCUT2D eigenvalue weighted by molar-refractivity contribution is 0.160. The van der Waals surface area contributed by atoms with Crippen LogP contribution in [0.3, 0.4) is 0 Å². The van der Waals surface area contributed by atoms with Crippen molar-refractivity contribution < 1.29 is 9.84 Å². The number of aryl methyl sites for hydroxylation is 1. The van der Waals surface area contributed by atoms with E-state index in [1.54, 1.807) is 18.4 Å². The van der Waals surface area contributed by atoms with Crippen molar-refractivity contribution in [3.63, 3.8) is 0 Å². The number of hydrogen-bond donors (Lipinski definition) is 1. The number of hydrogen-bond acceptors (Lipinski definition) is 4. The molecule has 3 rings (SSSR count). The molecule has 0 saturated heterocycles. The number of rotatable bonds is 3. The van der Waals surface area contributed by atoms with Crippen LogP contribution in [-0.2, 0) is 12.8 Å². The molecule has 0 spiro atoms. The largest absolute Gasteiger partial charge is 0.497 e. The van der Waals surface area contributed by atoms with Crippen LogP contribution in [0.2, 0.25) is 0 Å². The molecule has 100 valence electrons. The summed E-state index contributed by atoms with van der Waals surface area (Å²) < 4.78 is 5.15. The quantitative estimate of drug-likeness (QED) is 0.936. The number of aliphatic hydroxyl groups is 1. The van der Waals surface area contributed by atoms with Crippen molar-refractivity contribution in [1.29, 1.82) is 0 Å². The summed E-state index contributed by atoms with van der Waals surface area (Å²) in [6, 6.07) is 8.07. The highest BCUT2D eigenvalue weighted by molar-refractivity contribution is 7.11. The van der Waals surface area contributed by atoms with Gasteiger partial charge in [0.05, 0.1) is 28.8 Å². The third kappa shape index (κ3) is 2.65. The van der Waals surface area contributed by atoms with Gasteiger partial charge in [0, 0.05) is 6.42 Å². The first-order valence-electron chi connectivity index (χ1n) is 6.55. The van der Waals surface area contributed by atoms with Gasteiger partial charge in [-0.05, 0) is 37.0 Å². The molecule has 1 N–H and O–H groups in total. The number of aromatic nitrogens is 1. The van der Waals surface area contributed by atoms with Crippen molar-refractivity contribution in [2.45, 2.75) is 31.8 Å². The second-order valence-electron chi connectivity index (χ2n) is 4.85. The van der Waals surface area contributed by atoms with Gasteiger partial charge in [0.25, 0.3) is 0 Å². The minimum absolute atomic E-state index is 0.300. The van der Waals surface area contributed by atoms with Crippen LogP contribution >= 0.6 is 11.3 Å². The number of thiazole rings is 1. The lowest BCUT2D eigenvalue weighted by Crippen LogP contribution is -2.06. The van der Waals surface area contributed by atoms with E-state index in [1.807, 2.05) is 12.1 Å². The summed E-state index contributed by atoms with van der Waals surface area (Å²) >= 11 is 1.66. The number of methoxy groups -OCH3 is 1. The molecule has 0 radical (unpaired) electrons. The van der Waals surface area contributed by atoms with Crippen molar-refractivity contribution in [3.8, 4) is 5.75 Å². The predicted octanol–water partition coefficient (Wildman–Crippen LogP) is 3.11. The van der Waals surface area contributed by atoms with Crippen molar-refractivity contribution in [3.05, 3.63) is 45.4 Å². The highest BCUT2D eigenvalue weighted by Gasteiger charge is 2.22. The van der Waals surface area contributed by atoms with Gasteiger partial charge in [0.1, 0.15) is 5.75 Å². The van der Waals surface area contributed by atoms with Crippen LogP contribution in [0.5, 0.6) is 5.75 Å². The summed E-state index contributed by atoms with van der Waals surface area (Å²) in [4.78, 5) is 5.74. The summed E-state index contributed by atoms with van der Waals surface area (Å²) in [6.07, 6.45) is 3.45. The van der Waals surface area contributed by atoms with Crippen molar-refractivity contribution >= 4 is 11.3 Å². The molecular formula is C15H17NO2S. The van der Waals surface area contributed by atoms with Gasteiger partial charge < -0.3 is 9.84 Å². The monoisotopic (exact) mass is 275 g/mol. The maximum Gasteiger partial charge on any atom is 0.118 e. The molecule has 0 aliphatic heterocycles. The Balaban J connectivity index is 1.79. The van der Waals surface area contributed by atoms with Crippen LogP contribution in [0, 0.1) is 0 Å². The zero-order valence-electron chi connectivity index (χ0n) is 10.9. The number of aliphatic hydroxyl groups excluding tert-OH is 1. The average molecular weight is 275 g/mol. The normalized spacial score (nSPS) is 18.1. The minimum atomic E-state index is -0.300. The number of ether oxygens (including phenoxy) is 1. The van der Waals surface area contributed by atoms with E-state index in [1.165, 1.54) is 5.56 Å². The topological polar surface area (TPSA) is 42.4 Å². The van der Waals surface area contributed by atoms with Crippen LogP contribution in [0.4, 0.5) is 0 Å². The summed E-state index contributed by atoms with van der Waals surface area (Å²) in [6.45, 7) is 0. The molecule has 0 saturated carbocycles. The fourth-order valence-electron chi connectivity index (χ4n) is 2.44. The van der Waals surface area contributed by atoms with Gasteiger partial charge >= 0.3 is 0 Å². The van der Waals surface area contributed by atoms with Gasteiger partial charge in [-0.15, -0.1) is 11.3 Å². The number of fused-ring (bicyclic) bond motifs is 1. The maximum atomic E-state index is 9.96. The second kappa shape index (κ2) is 5.31. The first-order valence-corrected chi connectivity index (χ1v) is 7.37. The van der Waals surface area contributed by atoms with E-state index in [0.717, 1.165) is 47.0 Å². The molecule has 1 atom stereocenters. The van der Waals surface area contributed by atoms with Gasteiger partial charge in [-0.1, -0.05) is 12.1 Å². The van der Waals surface area contributed by atoms with Crippen molar-refractivity contribution in [2.75, 3.05) is 7.11 Å². The highest BCUT2D eigenvalue weighted by Crippen LogP contribution is 2.34.